The Balaban J connectivity index is 2.73. The van der Waals surface area contributed by atoms with Gasteiger partial charge in [-0.05, 0) is 23.8 Å². The van der Waals surface area contributed by atoms with E-state index in [1.165, 1.54) is 9.60 Å². The molecule has 0 unspecified atom stereocenters. The second kappa shape index (κ2) is 4.01. The molecule has 1 aromatic heterocycles. The highest BCUT2D eigenvalue weighted by Gasteiger charge is 2.09. The van der Waals surface area contributed by atoms with Crippen LogP contribution in [0, 0.1) is 0 Å². The van der Waals surface area contributed by atoms with E-state index in [9.17, 15) is 0 Å². The van der Waals surface area contributed by atoms with E-state index < -0.39 is 0 Å². The van der Waals surface area contributed by atoms with Gasteiger partial charge >= 0.3 is 0 Å². The Morgan fingerprint density at radius 2 is 2.21 bits per heavy atom. The molecule has 0 radical (unpaired) electrons. The summed E-state index contributed by atoms with van der Waals surface area (Å²) in [6.45, 7) is 0. The molecule has 1 nitrogen and oxygen atoms in total. The van der Waals surface area contributed by atoms with E-state index in [0.717, 1.165) is 10.4 Å². The molecule has 0 aliphatic rings. The van der Waals surface area contributed by atoms with Crippen molar-refractivity contribution in [3.8, 4) is 5.75 Å². The number of rotatable bonds is 2. The number of thiophene rings is 1. The van der Waals surface area contributed by atoms with Gasteiger partial charge in [0.2, 0.25) is 0 Å². The summed E-state index contributed by atoms with van der Waals surface area (Å²) in [5.74, 6) is 0.787. The predicted octanol–water partition coefficient (Wildman–Crippen LogP) is 4.29. The van der Waals surface area contributed by atoms with Gasteiger partial charge in [0.05, 0.1) is 21.0 Å². The van der Waals surface area contributed by atoms with Gasteiger partial charge in [0.15, 0.2) is 5.75 Å². The summed E-state index contributed by atoms with van der Waals surface area (Å²) >= 11 is 9.49. The largest absolute Gasteiger partial charge is 0.494 e. The van der Waals surface area contributed by atoms with Gasteiger partial charge in [-0.25, -0.2) is 0 Å². The molecule has 2 aromatic rings. The molecule has 0 saturated heterocycles. The van der Waals surface area contributed by atoms with Crippen LogP contribution in [-0.4, -0.2) is 13.4 Å². The van der Waals surface area contributed by atoms with Crippen molar-refractivity contribution in [2.24, 2.45) is 0 Å². The molecular weight excluding hydrogens is 236 g/mol. The van der Waals surface area contributed by atoms with Crippen LogP contribution in [0.2, 0.25) is 5.02 Å². The maximum atomic E-state index is 6.03. The average Bonchev–Trinajstić information content (AvgIpc) is 2.60. The predicted molar refractivity (Wildman–Crippen MR) is 65.2 cm³/mol. The van der Waals surface area contributed by atoms with Crippen LogP contribution in [0.1, 0.15) is 0 Å². The molecule has 2 rings (SSSR count). The third-order valence-corrected chi connectivity index (χ3v) is 4.49. The van der Waals surface area contributed by atoms with Gasteiger partial charge in [0.1, 0.15) is 0 Å². The highest BCUT2D eigenvalue weighted by Crippen LogP contribution is 2.40. The maximum Gasteiger partial charge on any atom is 0.155 e. The van der Waals surface area contributed by atoms with Gasteiger partial charge in [-0.1, -0.05) is 17.7 Å². The lowest BCUT2D eigenvalue weighted by atomic mass is 10.2. The van der Waals surface area contributed by atoms with Crippen molar-refractivity contribution in [1.82, 2.24) is 0 Å². The van der Waals surface area contributed by atoms with E-state index in [0.29, 0.717) is 5.02 Å². The third-order valence-electron chi connectivity index (χ3n) is 1.98. The Bertz CT molecular complexity index is 464. The zero-order chi connectivity index (χ0) is 10.1. The quantitative estimate of drug-likeness (QED) is 0.729. The molecule has 0 atom stereocenters. The number of benzene rings is 1. The van der Waals surface area contributed by atoms with Crippen LogP contribution < -0.4 is 4.74 Å². The highest BCUT2D eigenvalue weighted by molar-refractivity contribution is 8.00. The van der Waals surface area contributed by atoms with Gasteiger partial charge in [0, 0.05) is 0 Å². The Labute approximate surface area is 96.0 Å². The summed E-state index contributed by atoms with van der Waals surface area (Å²) in [6, 6.07) is 6.06. The lowest BCUT2D eigenvalue weighted by molar-refractivity contribution is 0.420. The summed E-state index contributed by atoms with van der Waals surface area (Å²) in [6.07, 6.45) is 2.07. The first-order chi connectivity index (χ1) is 6.76. The van der Waals surface area contributed by atoms with Crippen molar-refractivity contribution in [3.05, 3.63) is 23.2 Å². The maximum absolute atomic E-state index is 6.03. The van der Waals surface area contributed by atoms with E-state index in [2.05, 4.69) is 12.3 Å². The molecular formula is C10H9ClOS2. The monoisotopic (exact) mass is 244 g/mol. The molecule has 0 saturated carbocycles. The number of hydrogen-bond acceptors (Lipinski definition) is 3. The molecule has 0 fully saturated rings. The van der Waals surface area contributed by atoms with Gasteiger partial charge in [0.25, 0.3) is 0 Å². The number of halogens is 1. The van der Waals surface area contributed by atoms with Gasteiger partial charge < -0.3 is 4.74 Å². The highest BCUT2D eigenvalue weighted by atomic mass is 35.5. The van der Waals surface area contributed by atoms with Crippen LogP contribution in [0.4, 0.5) is 0 Å². The molecule has 0 amide bonds. The summed E-state index contributed by atoms with van der Waals surface area (Å²) in [5, 5.41) is 1.87. The standard InChI is InChI=1S/C10H9ClOS2/c1-12-9-7(11)4-3-6-5-8(13-2)14-10(6)9/h3-5H,1-2H3. The number of hydrogen-bond donors (Lipinski definition) is 0. The molecule has 0 aliphatic carbocycles. The van der Waals surface area contributed by atoms with Crippen LogP contribution in [0.25, 0.3) is 10.1 Å². The molecule has 1 heterocycles. The van der Waals surface area contributed by atoms with Crippen LogP contribution in [-0.2, 0) is 0 Å². The topological polar surface area (TPSA) is 9.23 Å². The molecule has 0 N–H and O–H groups in total. The molecule has 0 spiro atoms. The second-order valence-electron chi connectivity index (χ2n) is 2.77. The zero-order valence-corrected chi connectivity index (χ0v) is 10.2. The van der Waals surface area contributed by atoms with Crippen molar-refractivity contribution in [2.45, 2.75) is 4.21 Å². The summed E-state index contributed by atoms with van der Waals surface area (Å²) < 4.78 is 7.69. The minimum absolute atomic E-state index is 0.675. The third kappa shape index (κ3) is 1.60. The Kier molecular flexibility index (Phi) is 2.91. The number of fused-ring (bicyclic) bond motifs is 1. The zero-order valence-electron chi connectivity index (χ0n) is 7.83. The smallest absolute Gasteiger partial charge is 0.155 e. The van der Waals surface area contributed by atoms with Crippen molar-refractivity contribution < 1.29 is 4.74 Å². The SMILES string of the molecule is COc1c(Cl)ccc2cc(SC)sc12. The lowest BCUT2D eigenvalue weighted by Gasteiger charge is -2.02. The molecule has 0 aliphatic heterocycles. The second-order valence-corrected chi connectivity index (χ2v) is 5.33. The molecule has 74 valence electrons. The van der Waals surface area contributed by atoms with Gasteiger partial charge in [-0.3, -0.25) is 0 Å². The molecule has 14 heavy (non-hydrogen) atoms. The number of thioether (sulfide) groups is 1. The Morgan fingerprint density at radius 1 is 1.43 bits per heavy atom. The van der Waals surface area contributed by atoms with Crippen molar-refractivity contribution in [2.75, 3.05) is 13.4 Å². The minimum atomic E-state index is 0.675. The lowest BCUT2D eigenvalue weighted by Crippen LogP contribution is -1.83. The summed E-state index contributed by atoms with van der Waals surface area (Å²) in [5.41, 5.74) is 0. The van der Waals surface area contributed by atoms with Crippen molar-refractivity contribution in [3.63, 3.8) is 0 Å². The minimum Gasteiger partial charge on any atom is -0.494 e. The first-order valence-electron chi connectivity index (χ1n) is 4.06. The first-order valence-corrected chi connectivity index (χ1v) is 6.48. The van der Waals surface area contributed by atoms with Crippen molar-refractivity contribution >= 4 is 44.8 Å². The number of methoxy groups -OCH3 is 1. The first kappa shape index (κ1) is 10.1. The Hall–Kier alpha value is -0.380. The number of ether oxygens (including phenoxy) is 1. The van der Waals surface area contributed by atoms with Crippen LogP contribution in [0.5, 0.6) is 5.75 Å². The summed E-state index contributed by atoms with van der Waals surface area (Å²) in [4.78, 5) is 0. The average molecular weight is 245 g/mol. The fourth-order valence-electron chi connectivity index (χ4n) is 1.32. The summed E-state index contributed by atoms with van der Waals surface area (Å²) in [7, 11) is 1.65. The van der Waals surface area contributed by atoms with Crippen LogP contribution >= 0.6 is 34.7 Å². The fraction of sp³-hybridized carbons (Fsp3) is 0.200. The van der Waals surface area contributed by atoms with E-state index >= 15 is 0 Å². The fourth-order valence-corrected chi connectivity index (χ4v) is 3.36. The van der Waals surface area contributed by atoms with E-state index in [4.69, 9.17) is 16.3 Å². The van der Waals surface area contributed by atoms with Gasteiger partial charge in [-0.15, -0.1) is 23.1 Å². The molecule has 0 bridgehead atoms. The van der Waals surface area contributed by atoms with Gasteiger partial charge in [-0.2, -0.15) is 0 Å². The Morgan fingerprint density at radius 3 is 2.86 bits per heavy atom. The van der Waals surface area contributed by atoms with Crippen molar-refractivity contribution in [1.29, 1.82) is 0 Å². The van der Waals surface area contributed by atoms with Crippen LogP contribution in [0.15, 0.2) is 22.4 Å². The van der Waals surface area contributed by atoms with E-state index in [-0.39, 0.29) is 0 Å². The van der Waals surface area contributed by atoms with E-state index in [1.54, 1.807) is 30.2 Å². The van der Waals surface area contributed by atoms with Crippen LogP contribution in [0.3, 0.4) is 0 Å². The molecule has 4 heteroatoms. The molecule has 1 aromatic carbocycles. The normalized spacial score (nSPS) is 10.8. The van der Waals surface area contributed by atoms with E-state index in [1.807, 2.05) is 12.1 Å².